The Balaban J connectivity index is 2.81. The number of ether oxygens (including phenoxy) is 2. The van der Waals surface area contributed by atoms with Crippen LogP contribution < -0.4 is 5.32 Å². The molecule has 1 atom stereocenters. The van der Waals surface area contributed by atoms with E-state index in [0.717, 1.165) is 12.8 Å². The van der Waals surface area contributed by atoms with Gasteiger partial charge in [0.15, 0.2) is 0 Å². The van der Waals surface area contributed by atoms with Gasteiger partial charge in [-0.1, -0.05) is 12.8 Å². The summed E-state index contributed by atoms with van der Waals surface area (Å²) < 4.78 is 11.6. The van der Waals surface area contributed by atoms with Crippen molar-refractivity contribution in [1.29, 1.82) is 0 Å². The maximum absolute atomic E-state index is 12.6. The molecule has 0 aromatic rings. The zero-order valence-electron chi connectivity index (χ0n) is 17.5. The standard InChI is InChI=1S/C19H37N3O4/c1-14(2)20-17(23)26-16(13-25-15-10-8-9-11-15)12-22(19(3,4)5)18(24)21(6)7/h14-16H,8-13H2,1-7H3,(H,20,23). The first-order valence-electron chi connectivity index (χ1n) is 9.58. The van der Waals surface area contributed by atoms with Gasteiger partial charge in [0.1, 0.15) is 6.10 Å². The molecule has 0 aromatic carbocycles. The number of hydrogen-bond donors (Lipinski definition) is 1. The number of amides is 3. The topological polar surface area (TPSA) is 71.1 Å². The van der Waals surface area contributed by atoms with Crippen LogP contribution in [0.5, 0.6) is 0 Å². The van der Waals surface area contributed by atoms with E-state index in [1.807, 2.05) is 34.6 Å². The molecule has 152 valence electrons. The van der Waals surface area contributed by atoms with Crippen LogP contribution in [-0.4, -0.2) is 73.0 Å². The normalized spacial score (nSPS) is 16.5. The number of hydrogen-bond acceptors (Lipinski definition) is 4. The highest BCUT2D eigenvalue weighted by atomic mass is 16.6. The van der Waals surface area contributed by atoms with Crippen LogP contribution in [0.3, 0.4) is 0 Å². The highest BCUT2D eigenvalue weighted by molar-refractivity contribution is 5.74. The molecular weight excluding hydrogens is 334 g/mol. The summed E-state index contributed by atoms with van der Waals surface area (Å²) in [4.78, 5) is 28.0. The monoisotopic (exact) mass is 371 g/mol. The van der Waals surface area contributed by atoms with Gasteiger partial charge in [0.25, 0.3) is 0 Å². The van der Waals surface area contributed by atoms with Crippen molar-refractivity contribution in [2.24, 2.45) is 0 Å². The number of rotatable bonds is 7. The van der Waals surface area contributed by atoms with Crippen LogP contribution in [-0.2, 0) is 9.47 Å². The number of urea groups is 1. The minimum atomic E-state index is -0.516. The molecule has 1 unspecified atom stereocenters. The van der Waals surface area contributed by atoms with Crippen molar-refractivity contribution in [3.63, 3.8) is 0 Å². The molecule has 7 heteroatoms. The predicted octanol–water partition coefficient (Wildman–Crippen LogP) is 3.23. The largest absolute Gasteiger partial charge is 0.442 e. The van der Waals surface area contributed by atoms with Crippen LogP contribution >= 0.6 is 0 Å². The highest BCUT2D eigenvalue weighted by Crippen LogP contribution is 2.22. The van der Waals surface area contributed by atoms with E-state index in [9.17, 15) is 9.59 Å². The summed E-state index contributed by atoms with van der Waals surface area (Å²) in [5, 5.41) is 2.73. The van der Waals surface area contributed by atoms with Gasteiger partial charge in [-0.15, -0.1) is 0 Å². The van der Waals surface area contributed by atoms with Crippen LogP contribution in [0.2, 0.25) is 0 Å². The maximum atomic E-state index is 12.6. The van der Waals surface area contributed by atoms with Gasteiger partial charge in [-0.05, 0) is 47.5 Å². The Kier molecular flexibility index (Phi) is 8.67. The molecule has 0 bridgehead atoms. The quantitative estimate of drug-likeness (QED) is 0.746. The number of alkyl carbamates (subject to hydrolysis) is 1. The molecule has 0 aliphatic heterocycles. The molecule has 1 aliphatic rings. The number of carbonyl (C=O) groups excluding carboxylic acids is 2. The fraction of sp³-hybridized carbons (Fsp3) is 0.895. The van der Waals surface area contributed by atoms with E-state index in [-0.39, 0.29) is 18.2 Å². The van der Waals surface area contributed by atoms with Crippen LogP contribution in [0.15, 0.2) is 0 Å². The number of carbonyl (C=O) groups is 2. The molecule has 0 saturated heterocycles. The number of nitrogens with one attached hydrogen (secondary N) is 1. The lowest BCUT2D eigenvalue weighted by atomic mass is 10.1. The summed E-state index contributed by atoms with van der Waals surface area (Å²) in [6.45, 7) is 10.2. The molecule has 1 fully saturated rings. The van der Waals surface area contributed by atoms with E-state index < -0.39 is 17.7 Å². The Labute approximate surface area is 158 Å². The summed E-state index contributed by atoms with van der Waals surface area (Å²) >= 11 is 0. The van der Waals surface area contributed by atoms with E-state index >= 15 is 0 Å². The Morgan fingerprint density at radius 1 is 1.15 bits per heavy atom. The van der Waals surface area contributed by atoms with Gasteiger partial charge in [-0.3, -0.25) is 0 Å². The smallest absolute Gasteiger partial charge is 0.407 e. The Hall–Kier alpha value is -1.50. The average Bonchev–Trinajstić information content (AvgIpc) is 3.00. The third-order valence-corrected chi connectivity index (χ3v) is 4.31. The van der Waals surface area contributed by atoms with E-state index in [4.69, 9.17) is 9.47 Å². The van der Waals surface area contributed by atoms with Crippen LogP contribution in [0.25, 0.3) is 0 Å². The second kappa shape index (κ2) is 10.00. The van der Waals surface area contributed by atoms with E-state index in [0.29, 0.717) is 13.2 Å². The third kappa shape index (κ3) is 7.81. The second-order valence-electron chi connectivity index (χ2n) is 8.52. The number of nitrogens with zero attached hydrogens (tertiary/aromatic N) is 2. The van der Waals surface area contributed by atoms with Crippen molar-refractivity contribution in [3.05, 3.63) is 0 Å². The first kappa shape index (κ1) is 22.5. The van der Waals surface area contributed by atoms with E-state index in [1.54, 1.807) is 19.0 Å². The van der Waals surface area contributed by atoms with Gasteiger partial charge in [-0.2, -0.15) is 0 Å². The summed E-state index contributed by atoms with van der Waals surface area (Å²) in [5.74, 6) is 0. The van der Waals surface area contributed by atoms with E-state index in [2.05, 4.69) is 5.32 Å². The minimum Gasteiger partial charge on any atom is -0.442 e. The van der Waals surface area contributed by atoms with Crippen molar-refractivity contribution in [1.82, 2.24) is 15.1 Å². The molecular formula is C19H37N3O4. The lowest BCUT2D eigenvalue weighted by Gasteiger charge is -2.39. The molecule has 3 amide bonds. The molecule has 7 nitrogen and oxygen atoms in total. The molecule has 1 aliphatic carbocycles. The third-order valence-electron chi connectivity index (χ3n) is 4.31. The van der Waals surface area contributed by atoms with Crippen molar-refractivity contribution in [2.75, 3.05) is 27.2 Å². The van der Waals surface area contributed by atoms with Gasteiger partial charge in [0.2, 0.25) is 0 Å². The zero-order valence-corrected chi connectivity index (χ0v) is 17.5. The first-order valence-corrected chi connectivity index (χ1v) is 9.58. The van der Waals surface area contributed by atoms with Gasteiger partial charge in [-0.25, -0.2) is 9.59 Å². The lowest BCUT2D eigenvalue weighted by molar-refractivity contribution is -0.0311. The van der Waals surface area contributed by atoms with Crippen molar-refractivity contribution >= 4 is 12.1 Å². The molecule has 0 spiro atoms. The minimum absolute atomic E-state index is 0.0129. The summed E-state index contributed by atoms with van der Waals surface area (Å²) in [6, 6.07) is -0.128. The lowest BCUT2D eigenvalue weighted by Crippen LogP contribution is -2.54. The Morgan fingerprint density at radius 3 is 2.19 bits per heavy atom. The summed E-state index contributed by atoms with van der Waals surface area (Å²) in [7, 11) is 3.44. The average molecular weight is 372 g/mol. The zero-order chi connectivity index (χ0) is 19.9. The van der Waals surface area contributed by atoms with E-state index in [1.165, 1.54) is 17.7 Å². The molecule has 26 heavy (non-hydrogen) atoms. The van der Waals surface area contributed by atoms with Gasteiger partial charge in [0.05, 0.1) is 19.3 Å². The predicted molar refractivity (Wildman–Crippen MR) is 102 cm³/mol. The molecule has 0 radical (unpaired) electrons. The van der Waals surface area contributed by atoms with Crippen molar-refractivity contribution < 1.29 is 19.1 Å². The summed E-state index contributed by atoms with van der Waals surface area (Å²) in [6.07, 6.45) is 3.68. The fourth-order valence-electron chi connectivity index (χ4n) is 2.93. The van der Waals surface area contributed by atoms with Gasteiger partial charge >= 0.3 is 12.1 Å². The van der Waals surface area contributed by atoms with Crippen LogP contribution in [0.1, 0.15) is 60.3 Å². The van der Waals surface area contributed by atoms with Gasteiger partial charge in [0, 0.05) is 25.7 Å². The summed E-state index contributed by atoms with van der Waals surface area (Å²) in [5.41, 5.74) is -0.398. The van der Waals surface area contributed by atoms with Crippen molar-refractivity contribution in [2.45, 2.75) is 84.1 Å². The second-order valence-corrected chi connectivity index (χ2v) is 8.52. The Morgan fingerprint density at radius 2 is 1.73 bits per heavy atom. The SMILES string of the molecule is CC(C)NC(=O)OC(COC1CCCC1)CN(C(=O)N(C)C)C(C)(C)C. The van der Waals surface area contributed by atoms with Crippen LogP contribution in [0.4, 0.5) is 9.59 Å². The van der Waals surface area contributed by atoms with Gasteiger partial charge < -0.3 is 24.6 Å². The van der Waals surface area contributed by atoms with Crippen molar-refractivity contribution in [3.8, 4) is 0 Å². The maximum Gasteiger partial charge on any atom is 0.407 e. The molecule has 1 N–H and O–H groups in total. The first-order chi connectivity index (χ1) is 12.0. The van der Waals surface area contributed by atoms with Crippen LogP contribution in [0, 0.1) is 0 Å². The highest BCUT2D eigenvalue weighted by Gasteiger charge is 2.32. The molecule has 1 saturated carbocycles. The molecule has 0 aromatic heterocycles. The fourth-order valence-corrected chi connectivity index (χ4v) is 2.93. The Bertz CT molecular complexity index is 454. The molecule has 0 heterocycles. The molecule has 1 rings (SSSR count).